The second-order valence-electron chi connectivity index (χ2n) is 6.40. The highest BCUT2D eigenvalue weighted by Crippen LogP contribution is 2.22. The lowest BCUT2D eigenvalue weighted by Crippen LogP contribution is -2.43. The van der Waals surface area contributed by atoms with E-state index < -0.39 is 6.10 Å². The molecule has 1 saturated heterocycles. The van der Waals surface area contributed by atoms with Crippen molar-refractivity contribution in [2.45, 2.75) is 13.0 Å². The minimum Gasteiger partial charge on any atom is -0.481 e. The molecule has 0 unspecified atom stereocenters. The average molecular weight is 354 g/mol. The first kappa shape index (κ1) is 18.4. The zero-order valence-electron chi connectivity index (χ0n) is 15.2. The monoisotopic (exact) mass is 354 g/mol. The Hall–Kier alpha value is -2.37. The van der Waals surface area contributed by atoms with Crippen molar-refractivity contribution in [1.82, 2.24) is 10.2 Å². The van der Waals surface area contributed by atoms with Crippen LogP contribution in [0.25, 0.3) is 11.1 Å². The molecular weight excluding hydrogens is 328 g/mol. The van der Waals surface area contributed by atoms with E-state index in [-0.39, 0.29) is 5.91 Å². The van der Waals surface area contributed by atoms with Crippen LogP contribution in [0.5, 0.6) is 5.75 Å². The predicted octanol–water partition coefficient (Wildman–Crippen LogP) is 2.57. The highest BCUT2D eigenvalue weighted by Gasteiger charge is 2.15. The van der Waals surface area contributed by atoms with Gasteiger partial charge in [0.25, 0.3) is 5.91 Å². The fourth-order valence-electron chi connectivity index (χ4n) is 2.92. The van der Waals surface area contributed by atoms with E-state index in [1.165, 1.54) is 0 Å². The number of nitrogens with zero attached hydrogens (tertiary/aromatic N) is 1. The fourth-order valence-corrected chi connectivity index (χ4v) is 2.92. The van der Waals surface area contributed by atoms with Crippen molar-refractivity contribution >= 4 is 5.91 Å². The lowest BCUT2D eigenvalue weighted by Gasteiger charge is -2.26. The largest absolute Gasteiger partial charge is 0.481 e. The molecule has 1 amide bonds. The molecule has 1 atom stereocenters. The molecule has 2 aromatic rings. The number of carbonyl (C=O) groups is 1. The SMILES string of the molecule is C[C@@H](Oc1ccc(-c2ccccc2)cc1)C(=O)NCCN1CCOCC1. The van der Waals surface area contributed by atoms with Crippen LogP contribution in [0, 0.1) is 0 Å². The Morgan fingerprint density at radius 1 is 1.08 bits per heavy atom. The van der Waals surface area contributed by atoms with E-state index in [2.05, 4.69) is 22.3 Å². The van der Waals surface area contributed by atoms with Crippen LogP contribution in [0.4, 0.5) is 0 Å². The first-order valence-electron chi connectivity index (χ1n) is 9.12. The van der Waals surface area contributed by atoms with Crippen LogP contribution in [0.3, 0.4) is 0 Å². The summed E-state index contributed by atoms with van der Waals surface area (Å²) in [6.45, 7) is 6.63. The molecule has 0 aliphatic carbocycles. The molecule has 1 fully saturated rings. The average Bonchev–Trinajstić information content (AvgIpc) is 2.70. The molecule has 0 aromatic heterocycles. The summed E-state index contributed by atoms with van der Waals surface area (Å²) < 4.78 is 11.1. The minimum absolute atomic E-state index is 0.0922. The van der Waals surface area contributed by atoms with E-state index >= 15 is 0 Å². The summed E-state index contributed by atoms with van der Waals surface area (Å²) >= 11 is 0. The third-order valence-corrected chi connectivity index (χ3v) is 4.47. The number of benzene rings is 2. The molecule has 5 heteroatoms. The van der Waals surface area contributed by atoms with E-state index in [1.54, 1.807) is 6.92 Å². The molecule has 26 heavy (non-hydrogen) atoms. The van der Waals surface area contributed by atoms with E-state index in [0.29, 0.717) is 12.3 Å². The van der Waals surface area contributed by atoms with Gasteiger partial charge in [-0.3, -0.25) is 9.69 Å². The fraction of sp³-hybridized carbons (Fsp3) is 0.381. The van der Waals surface area contributed by atoms with Gasteiger partial charge in [0.05, 0.1) is 13.2 Å². The van der Waals surface area contributed by atoms with Gasteiger partial charge in [0, 0.05) is 26.2 Å². The van der Waals surface area contributed by atoms with Crippen LogP contribution >= 0.6 is 0 Å². The van der Waals surface area contributed by atoms with Gasteiger partial charge < -0.3 is 14.8 Å². The molecule has 2 aromatic carbocycles. The zero-order chi connectivity index (χ0) is 18.2. The zero-order valence-corrected chi connectivity index (χ0v) is 15.2. The first-order chi connectivity index (χ1) is 12.7. The summed E-state index contributed by atoms with van der Waals surface area (Å²) in [5.74, 6) is 0.603. The van der Waals surface area contributed by atoms with Gasteiger partial charge >= 0.3 is 0 Å². The molecule has 3 rings (SSSR count). The molecule has 0 bridgehead atoms. The smallest absolute Gasteiger partial charge is 0.260 e. The molecule has 1 heterocycles. The molecule has 1 aliphatic rings. The van der Waals surface area contributed by atoms with Gasteiger partial charge in [-0.15, -0.1) is 0 Å². The van der Waals surface area contributed by atoms with Crippen LogP contribution in [-0.2, 0) is 9.53 Å². The highest BCUT2D eigenvalue weighted by molar-refractivity contribution is 5.80. The second-order valence-corrected chi connectivity index (χ2v) is 6.40. The number of hydrogen-bond acceptors (Lipinski definition) is 4. The third-order valence-electron chi connectivity index (χ3n) is 4.47. The lowest BCUT2D eigenvalue weighted by atomic mass is 10.1. The summed E-state index contributed by atoms with van der Waals surface area (Å²) in [6.07, 6.45) is -0.526. The Labute approximate surface area is 154 Å². The Balaban J connectivity index is 1.44. The van der Waals surface area contributed by atoms with Crippen molar-refractivity contribution in [3.05, 3.63) is 54.6 Å². The van der Waals surface area contributed by atoms with Crippen LogP contribution < -0.4 is 10.1 Å². The molecule has 5 nitrogen and oxygen atoms in total. The van der Waals surface area contributed by atoms with E-state index in [4.69, 9.17) is 9.47 Å². The number of hydrogen-bond donors (Lipinski definition) is 1. The second kappa shape index (κ2) is 9.36. The number of rotatable bonds is 7. The van der Waals surface area contributed by atoms with E-state index in [1.807, 2.05) is 42.5 Å². The van der Waals surface area contributed by atoms with Crippen LogP contribution in [0.15, 0.2) is 54.6 Å². The Morgan fingerprint density at radius 2 is 1.73 bits per heavy atom. The minimum atomic E-state index is -0.526. The molecule has 0 radical (unpaired) electrons. The van der Waals surface area contributed by atoms with Gasteiger partial charge in [-0.2, -0.15) is 0 Å². The first-order valence-corrected chi connectivity index (χ1v) is 9.12. The topological polar surface area (TPSA) is 50.8 Å². The molecule has 0 saturated carbocycles. The van der Waals surface area contributed by atoms with Crippen molar-refractivity contribution in [2.75, 3.05) is 39.4 Å². The number of nitrogens with one attached hydrogen (secondary N) is 1. The van der Waals surface area contributed by atoms with E-state index in [9.17, 15) is 4.79 Å². The van der Waals surface area contributed by atoms with Crippen LogP contribution in [0.2, 0.25) is 0 Å². The quantitative estimate of drug-likeness (QED) is 0.830. The number of morpholine rings is 1. The molecular formula is C21H26N2O3. The van der Waals surface area contributed by atoms with Gasteiger partial charge in [-0.05, 0) is 30.2 Å². The maximum atomic E-state index is 12.2. The van der Waals surface area contributed by atoms with Crippen molar-refractivity contribution < 1.29 is 14.3 Å². The number of ether oxygens (including phenoxy) is 2. The maximum Gasteiger partial charge on any atom is 0.260 e. The van der Waals surface area contributed by atoms with Gasteiger partial charge in [-0.25, -0.2) is 0 Å². The third kappa shape index (κ3) is 5.31. The van der Waals surface area contributed by atoms with Crippen molar-refractivity contribution in [3.63, 3.8) is 0 Å². The highest BCUT2D eigenvalue weighted by atomic mass is 16.5. The molecule has 0 spiro atoms. The summed E-state index contributed by atoms with van der Waals surface area (Å²) in [5.41, 5.74) is 2.29. The van der Waals surface area contributed by atoms with Crippen LogP contribution in [-0.4, -0.2) is 56.3 Å². The Bertz CT molecular complexity index is 682. The van der Waals surface area contributed by atoms with Crippen molar-refractivity contribution in [1.29, 1.82) is 0 Å². The number of carbonyl (C=O) groups excluding carboxylic acids is 1. The molecule has 138 valence electrons. The summed E-state index contributed by atoms with van der Waals surface area (Å²) in [4.78, 5) is 14.5. The standard InChI is InChI=1S/C21H26N2O3/c1-17(21(24)22-11-12-23-13-15-25-16-14-23)26-20-9-7-19(8-10-20)18-5-3-2-4-6-18/h2-10,17H,11-16H2,1H3,(H,22,24)/t17-/m1/s1. The normalized spacial score (nSPS) is 16.0. The van der Waals surface area contributed by atoms with Gasteiger partial charge in [0.2, 0.25) is 0 Å². The van der Waals surface area contributed by atoms with Crippen molar-refractivity contribution in [3.8, 4) is 16.9 Å². The number of amides is 1. The van der Waals surface area contributed by atoms with E-state index in [0.717, 1.165) is 44.0 Å². The molecule has 1 aliphatic heterocycles. The molecule has 1 N–H and O–H groups in total. The summed E-state index contributed by atoms with van der Waals surface area (Å²) in [7, 11) is 0. The maximum absolute atomic E-state index is 12.2. The Kier molecular flexibility index (Phi) is 6.63. The van der Waals surface area contributed by atoms with Gasteiger partial charge in [-0.1, -0.05) is 42.5 Å². The van der Waals surface area contributed by atoms with Crippen molar-refractivity contribution in [2.24, 2.45) is 0 Å². The Morgan fingerprint density at radius 3 is 2.42 bits per heavy atom. The lowest BCUT2D eigenvalue weighted by molar-refractivity contribution is -0.127. The summed E-state index contributed by atoms with van der Waals surface area (Å²) in [6, 6.07) is 18.0. The predicted molar refractivity (Wildman–Crippen MR) is 102 cm³/mol. The van der Waals surface area contributed by atoms with Gasteiger partial charge in [0.1, 0.15) is 5.75 Å². The van der Waals surface area contributed by atoms with Gasteiger partial charge in [0.15, 0.2) is 6.10 Å². The van der Waals surface area contributed by atoms with Crippen LogP contribution in [0.1, 0.15) is 6.92 Å². The summed E-state index contributed by atoms with van der Waals surface area (Å²) in [5, 5.41) is 2.94.